The number of hydrogen-bond acceptors (Lipinski definition) is 7. The fraction of sp³-hybridized carbons (Fsp3) is 0.160. The number of aromatic nitrogens is 2. The Morgan fingerprint density at radius 3 is 2.38 bits per heavy atom. The molecule has 1 aromatic heterocycles. The molecule has 0 aliphatic heterocycles. The molecule has 0 bridgehead atoms. The Bertz CT molecular complexity index is 1340. The summed E-state index contributed by atoms with van der Waals surface area (Å²) in [5.41, 5.74) is 4.69. The largest absolute Gasteiger partial charge is 0.378 e. The summed E-state index contributed by atoms with van der Waals surface area (Å²) < 4.78 is 0. The first-order valence-corrected chi connectivity index (χ1v) is 11.6. The summed E-state index contributed by atoms with van der Waals surface area (Å²) in [5.74, 6) is 0.00330. The van der Waals surface area contributed by atoms with E-state index in [1.165, 1.54) is 23.9 Å². The molecule has 0 saturated carbocycles. The third-order valence-electron chi connectivity index (χ3n) is 5.11. The van der Waals surface area contributed by atoms with Crippen molar-refractivity contribution in [3.63, 3.8) is 0 Å². The number of nitrogens with zero attached hydrogens (tertiary/aromatic N) is 4. The lowest BCUT2D eigenvalue weighted by molar-refractivity contribution is -0.384. The number of benzene rings is 3. The lowest BCUT2D eigenvalue weighted by atomic mass is 10.1. The molecule has 0 unspecified atom stereocenters. The Morgan fingerprint density at radius 1 is 1.00 bits per heavy atom. The van der Waals surface area contributed by atoms with Crippen LogP contribution in [0.1, 0.15) is 11.3 Å². The molecule has 1 heterocycles. The number of thioether (sulfide) groups is 1. The van der Waals surface area contributed by atoms with Crippen LogP contribution in [0.4, 0.5) is 17.1 Å². The molecular weight excluding hydrogens is 450 g/mol. The monoisotopic (exact) mass is 473 g/mol. The van der Waals surface area contributed by atoms with Gasteiger partial charge in [-0.25, -0.2) is 9.97 Å². The first-order valence-electron chi connectivity index (χ1n) is 10.6. The predicted molar refractivity (Wildman–Crippen MR) is 136 cm³/mol. The molecule has 0 saturated heterocycles. The number of nitrogens with one attached hydrogen (secondary N) is 1. The highest BCUT2D eigenvalue weighted by molar-refractivity contribution is 8.00. The lowest BCUT2D eigenvalue weighted by Gasteiger charge is -2.13. The molecule has 0 fully saturated rings. The molecule has 4 aromatic rings. The number of nitro benzene ring substituents is 1. The van der Waals surface area contributed by atoms with E-state index in [0.717, 1.165) is 28.0 Å². The molecule has 0 aliphatic rings. The standard InChI is InChI=1S/C25H23N5O3S/c1-29(2)19-12-10-18(11-13-19)26-24(31)16-34-25-23(27-21-8-3-4-9-22(21)28-25)15-17-6-5-7-20(14-17)30(32)33/h3-14H,15-16H2,1-2H3,(H,26,31). The lowest BCUT2D eigenvalue weighted by Crippen LogP contribution is -2.15. The van der Waals surface area contributed by atoms with Crippen LogP contribution < -0.4 is 10.2 Å². The number of para-hydroxylation sites is 2. The van der Waals surface area contributed by atoms with Crippen molar-refractivity contribution >= 4 is 45.8 Å². The number of nitro groups is 1. The van der Waals surface area contributed by atoms with E-state index in [4.69, 9.17) is 9.97 Å². The number of carbonyl (C=O) groups excluding carboxylic acids is 1. The summed E-state index contributed by atoms with van der Waals surface area (Å²) in [7, 11) is 3.92. The third kappa shape index (κ3) is 5.68. The second kappa shape index (κ2) is 10.3. The molecule has 1 amide bonds. The molecule has 1 N–H and O–H groups in total. The average molecular weight is 474 g/mol. The molecule has 0 aliphatic carbocycles. The van der Waals surface area contributed by atoms with Gasteiger partial charge in [0.1, 0.15) is 5.03 Å². The second-order valence-corrected chi connectivity index (χ2v) is 8.81. The van der Waals surface area contributed by atoms with Gasteiger partial charge in [-0.15, -0.1) is 0 Å². The van der Waals surface area contributed by atoms with E-state index >= 15 is 0 Å². The Kier molecular flexibility index (Phi) is 7.03. The SMILES string of the molecule is CN(C)c1ccc(NC(=O)CSc2nc3ccccc3nc2Cc2cccc([N+](=O)[O-])c2)cc1. The van der Waals surface area contributed by atoms with Crippen molar-refractivity contribution in [3.8, 4) is 0 Å². The minimum atomic E-state index is -0.416. The molecule has 9 heteroatoms. The van der Waals surface area contributed by atoms with Crippen molar-refractivity contribution < 1.29 is 9.72 Å². The van der Waals surface area contributed by atoms with Gasteiger partial charge in [0.2, 0.25) is 5.91 Å². The average Bonchev–Trinajstić information content (AvgIpc) is 2.83. The van der Waals surface area contributed by atoms with Gasteiger partial charge in [0.25, 0.3) is 5.69 Å². The van der Waals surface area contributed by atoms with Crippen molar-refractivity contribution in [1.82, 2.24) is 9.97 Å². The van der Waals surface area contributed by atoms with Crippen molar-refractivity contribution in [2.24, 2.45) is 0 Å². The van der Waals surface area contributed by atoms with E-state index in [9.17, 15) is 14.9 Å². The van der Waals surface area contributed by atoms with Gasteiger partial charge in [0.15, 0.2) is 0 Å². The number of fused-ring (bicyclic) bond motifs is 1. The molecule has 172 valence electrons. The first kappa shape index (κ1) is 23.2. The van der Waals surface area contributed by atoms with Gasteiger partial charge in [0, 0.05) is 44.0 Å². The van der Waals surface area contributed by atoms with Gasteiger partial charge in [-0.1, -0.05) is 36.0 Å². The Morgan fingerprint density at radius 2 is 1.71 bits per heavy atom. The zero-order chi connectivity index (χ0) is 24.1. The normalized spacial score (nSPS) is 10.8. The first-order chi connectivity index (χ1) is 16.4. The summed E-state index contributed by atoms with van der Waals surface area (Å²) in [6.07, 6.45) is 0.371. The number of non-ortho nitro benzene ring substituents is 1. The molecule has 8 nitrogen and oxygen atoms in total. The smallest absolute Gasteiger partial charge is 0.269 e. The van der Waals surface area contributed by atoms with E-state index in [2.05, 4.69) is 5.32 Å². The van der Waals surface area contributed by atoms with Crippen LogP contribution in [0.3, 0.4) is 0 Å². The van der Waals surface area contributed by atoms with Gasteiger partial charge in [-0.2, -0.15) is 0 Å². The number of amides is 1. The van der Waals surface area contributed by atoms with Crippen LogP contribution in [0.2, 0.25) is 0 Å². The maximum Gasteiger partial charge on any atom is 0.269 e. The molecule has 0 spiro atoms. The van der Waals surface area contributed by atoms with Crippen LogP contribution in [0.25, 0.3) is 11.0 Å². The minimum absolute atomic E-state index is 0.0279. The van der Waals surface area contributed by atoms with Crippen molar-refractivity contribution in [1.29, 1.82) is 0 Å². The van der Waals surface area contributed by atoms with Crippen molar-refractivity contribution in [2.45, 2.75) is 11.4 Å². The Labute approximate surface area is 201 Å². The zero-order valence-corrected chi connectivity index (χ0v) is 19.6. The summed E-state index contributed by atoms with van der Waals surface area (Å²) in [4.78, 5) is 34.8. The molecule has 4 rings (SSSR count). The number of hydrogen-bond donors (Lipinski definition) is 1. The number of rotatable bonds is 8. The van der Waals surface area contributed by atoms with E-state index in [1.54, 1.807) is 6.07 Å². The predicted octanol–water partition coefficient (Wildman–Crippen LogP) is 4.93. The van der Waals surface area contributed by atoms with Gasteiger partial charge in [-0.05, 0) is 42.0 Å². The highest BCUT2D eigenvalue weighted by atomic mass is 32.2. The van der Waals surface area contributed by atoms with Crippen molar-refractivity contribution in [3.05, 3.63) is 94.2 Å². The van der Waals surface area contributed by atoms with Crippen LogP contribution in [-0.2, 0) is 11.2 Å². The third-order valence-corrected chi connectivity index (χ3v) is 6.11. The maximum atomic E-state index is 12.6. The summed E-state index contributed by atoms with van der Waals surface area (Å²) in [5, 5.41) is 14.7. The topological polar surface area (TPSA) is 101 Å². The van der Waals surface area contributed by atoms with Gasteiger partial charge < -0.3 is 10.2 Å². The van der Waals surface area contributed by atoms with Gasteiger partial charge in [-0.3, -0.25) is 14.9 Å². The highest BCUT2D eigenvalue weighted by Gasteiger charge is 2.14. The summed E-state index contributed by atoms with van der Waals surface area (Å²) in [6, 6.07) is 21.6. The van der Waals surface area contributed by atoms with Gasteiger partial charge in [0.05, 0.1) is 27.4 Å². The fourth-order valence-corrected chi connectivity index (χ4v) is 4.19. The molecule has 34 heavy (non-hydrogen) atoms. The highest BCUT2D eigenvalue weighted by Crippen LogP contribution is 2.26. The van der Waals surface area contributed by atoms with E-state index in [0.29, 0.717) is 17.1 Å². The summed E-state index contributed by atoms with van der Waals surface area (Å²) >= 11 is 1.30. The Hall–Kier alpha value is -3.98. The summed E-state index contributed by atoms with van der Waals surface area (Å²) in [6.45, 7) is 0. The molecule has 0 radical (unpaired) electrons. The van der Waals surface area contributed by atoms with Crippen molar-refractivity contribution in [2.75, 3.05) is 30.1 Å². The van der Waals surface area contributed by atoms with Crippen LogP contribution in [0, 0.1) is 10.1 Å². The van der Waals surface area contributed by atoms with Gasteiger partial charge >= 0.3 is 0 Å². The van der Waals surface area contributed by atoms with Crippen LogP contribution in [0.15, 0.2) is 77.8 Å². The molecular formula is C25H23N5O3S. The molecule has 3 aromatic carbocycles. The van der Waals surface area contributed by atoms with E-state index in [-0.39, 0.29) is 17.3 Å². The Balaban J connectivity index is 1.53. The molecule has 0 atom stereocenters. The number of anilines is 2. The fourth-order valence-electron chi connectivity index (χ4n) is 3.40. The van der Waals surface area contributed by atoms with E-state index < -0.39 is 4.92 Å². The van der Waals surface area contributed by atoms with Crippen LogP contribution in [-0.4, -0.2) is 40.6 Å². The second-order valence-electron chi connectivity index (χ2n) is 7.85. The maximum absolute atomic E-state index is 12.6. The van der Waals surface area contributed by atoms with E-state index in [1.807, 2.05) is 73.6 Å². The minimum Gasteiger partial charge on any atom is -0.378 e. The zero-order valence-electron chi connectivity index (χ0n) is 18.8. The quantitative estimate of drug-likeness (QED) is 0.220. The van der Waals surface area contributed by atoms with Crippen LogP contribution in [0.5, 0.6) is 0 Å². The number of carbonyl (C=O) groups is 1. The van der Waals surface area contributed by atoms with Crippen LogP contribution >= 0.6 is 11.8 Å².